The Hall–Kier alpha value is -2.11. The molecule has 0 unspecified atom stereocenters. The van der Waals surface area contributed by atoms with Gasteiger partial charge in [-0.15, -0.1) is 0 Å². The average molecular weight is 377 g/mol. The number of aryl methyl sites for hydroxylation is 1. The molecule has 4 nitrogen and oxygen atoms in total. The first-order valence-electron chi connectivity index (χ1n) is 8.69. The van der Waals surface area contributed by atoms with Crippen LogP contribution in [0.5, 0.6) is 0 Å². The molecule has 0 fully saturated rings. The summed E-state index contributed by atoms with van der Waals surface area (Å²) in [6.07, 6.45) is 1.78. The standard InChI is InChI=1S/C20H22ClFN2O2/c1-12(11-25)24-20-8-14-7-17(26)4-2-13(14)6-15(20)10-23-16-3-5-19(22)18(21)9-16/h3,5-6,8-9,12,23-25H,2,4,7,10-11H2,1H3/t12-/m0/s1. The molecule has 0 heterocycles. The molecule has 26 heavy (non-hydrogen) atoms. The Kier molecular flexibility index (Phi) is 5.79. The maximum Gasteiger partial charge on any atom is 0.141 e. The van der Waals surface area contributed by atoms with Crippen LogP contribution in [0, 0.1) is 5.82 Å². The molecule has 0 aliphatic heterocycles. The lowest BCUT2D eigenvalue weighted by atomic mass is 9.88. The molecular formula is C20H22ClFN2O2. The second-order valence-electron chi connectivity index (χ2n) is 6.70. The Morgan fingerprint density at radius 3 is 2.77 bits per heavy atom. The zero-order valence-corrected chi connectivity index (χ0v) is 15.4. The van der Waals surface area contributed by atoms with E-state index in [1.165, 1.54) is 11.6 Å². The van der Waals surface area contributed by atoms with Gasteiger partial charge in [0.15, 0.2) is 0 Å². The van der Waals surface area contributed by atoms with Crippen LogP contribution < -0.4 is 10.6 Å². The number of fused-ring (bicyclic) bond motifs is 1. The molecule has 1 atom stereocenters. The Bertz CT molecular complexity index is 826. The quantitative estimate of drug-likeness (QED) is 0.714. The molecule has 0 saturated carbocycles. The largest absolute Gasteiger partial charge is 0.394 e. The Morgan fingerprint density at radius 1 is 1.23 bits per heavy atom. The van der Waals surface area contributed by atoms with Gasteiger partial charge in [0.25, 0.3) is 0 Å². The highest BCUT2D eigenvalue weighted by atomic mass is 35.5. The van der Waals surface area contributed by atoms with Crippen LogP contribution in [-0.4, -0.2) is 23.5 Å². The lowest BCUT2D eigenvalue weighted by Gasteiger charge is -2.22. The highest BCUT2D eigenvalue weighted by Gasteiger charge is 2.18. The number of anilines is 2. The zero-order valence-electron chi connectivity index (χ0n) is 14.6. The van der Waals surface area contributed by atoms with Gasteiger partial charge in [-0.05, 0) is 54.3 Å². The van der Waals surface area contributed by atoms with E-state index in [1.807, 2.05) is 13.0 Å². The summed E-state index contributed by atoms with van der Waals surface area (Å²) in [6.45, 7) is 2.42. The van der Waals surface area contributed by atoms with Crippen molar-refractivity contribution in [2.75, 3.05) is 17.2 Å². The van der Waals surface area contributed by atoms with Gasteiger partial charge in [-0.1, -0.05) is 17.7 Å². The molecule has 0 saturated heterocycles. The lowest BCUT2D eigenvalue weighted by Crippen LogP contribution is -2.22. The normalized spacial score (nSPS) is 14.7. The number of hydrogen-bond donors (Lipinski definition) is 3. The average Bonchev–Trinajstić information content (AvgIpc) is 2.62. The predicted molar refractivity (Wildman–Crippen MR) is 102 cm³/mol. The number of benzene rings is 2. The molecular weight excluding hydrogens is 355 g/mol. The van der Waals surface area contributed by atoms with E-state index in [0.717, 1.165) is 28.9 Å². The summed E-state index contributed by atoms with van der Waals surface area (Å²) in [5, 5.41) is 16.0. The highest BCUT2D eigenvalue weighted by molar-refractivity contribution is 6.31. The first-order chi connectivity index (χ1) is 12.5. The van der Waals surface area contributed by atoms with E-state index >= 15 is 0 Å². The van der Waals surface area contributed by atoms with Gasteiger partial charge in [0.1, 0.15) is 11.6 Å². The van der Waals surface area contributed by atoms with Crippen molar-refractivity contribution in [3.8, 4) is 0 Å². The third-order valence-corrected chi connectivity index (χ3v) is 4.85. The second-order valence-corrected chi connectivity index (χ2v) is 7.11. The molecule has 2 aromatic carbocycles. The monoisotopic (exact) mass is 376 g/mol. The Labute approximate surface area is 157 Å². The molecule has 2 aromatic rings. The van der Waals surface area contributed by atoms with Crippen LogP contribution in [0.3, 0.4) is 0 Å². The fourth-order valence-corrected chi connectivity index (χ4v) is 3.29. The zero-order chi connectivity index (χ0) is 18.7. The van der Waals surface area contributed by atoms with E-state index in [9.17, 15) is 14.3 Å². The summed E-state index contributed by atoms with van der Waals surface area (Å²) in [4.78, 5) is 11.8. The maximum atomic E-state index is 13.3. The van der Waals surface area contributed by atoms with Crippen molar-refractivity contribution in [2.45, 2.75) is 38.8 Å². The van der Waals surface area contributed by atoms with Crippen LogP contribution in [-0.2, 0) is 24.2 Å². The van der Waals surface area contributed by atoms with Gasteiger partial charge in [-0.2, -0.15) is 0 Å². The van der Waals surface area contributed by atoms with Crippen molar-refractivity contribution in [2.24, 2.45) is 0 Å². The predicted octanol–water partition coefficient (Wildman–Crippen LogP) is 3.94. The Balaban J connectivity index is 1.85. The van der Waals surface area contributed by atoms with Gasteiger partial charge in [-0.3, -0.25) is 4.79 Å². The summed E-state index contributed by atoms with van der Waals surface area (Å²) >= 11 is 5.84. The van der Waals surface area contributed by atoms with Crippen LogP contribution in [0.15, 0.2) is 30.3 Å². The van der Waals surface area contributed by atoms with Gasteiger partial charge in [0, 0.05) is 36.8 Å². The van der Waals surface area contributed by atoms with Crippen LogP contribution in [0.2, 0.25) is 5.02 Å². The van der Waals surface area contributed by atoms with Crippen molar-refractivity contribution in [3.63, 3.8) is 0 Å². The number of rotatable bonds is 6. The first kappa shape index (κ1) is 18.7. The molecule has 6 heteroatoms. The minimum Gasteiger partial charge on any atom is -0.394 e. The molecule has 3 N–H and O–H groups in total. The topological polar surface area (TPSA) is 61.4 Å². The number of Topliss-reactive ketones (excluding diaryl/α,β-unsaturated/α-hetero) is 1. The van der Waals surface area contributed by atoms with Gasteiger partial charge in [0.05, 0.1) is 11.6 Å². The second kappa shape index (κ2) is 8.06. The third-order valence-electron chi connectivity index (χ3n) is 4.56. The van der Waals surface area contributed by atoms with Crippen molar-refractivity contribution >= 4 is 28.8 Å². The first-order valence-corrected chi connectivity index (χ1v) is 9.06. The van der Waals surface area contributed by atoms with Crippen molar-refractivity contribution < 1.29 is 14.3 Å². The number of hydrogen-bond acceptors (Lipinski definition) is 4. The van der Waals surface area contributed by atoms with Gasteiger partial charge in [-0.25, -0.2) is 4.39 Å². The van der Waals surface area contributed by atoms with Crippen molar-refractivity contribution in [3.05, 3.63) is 57.9 Å². The number of carbonyl (C=O) groups is 1. The minimum atomic E-state index is -0.449. The summed E-state index contributed by atoms with van der Waals surface area (Å²) in [6, 6.07) is 8.53. The lowest BCUT2D eigenvalue weighted by molar-refractivity contribution is -0.118. The molecule has 0 amide bonds. The molecule has 138 valence electrons. The number of halogens is 2. The van der Waals surface area contributed by atoms with Crippen LogP contribution in [0.25, 0.3) is 0 Å². The van der Waals surface area contributed by atoms with E-state index in [4.69, 9.17) is 11.6 Å². The third kappa shape index (κ3) is 4.34. The molecule has 0 radical (unpaired) electrons. The molecule has 3 rings (SSSR count). The summed E-state index contributed by atoms with van der Waals surface area (Å²) < 4.78 is 13.3. The highest BCUT2D eigenvalue weighted by Crippen LogP contribution is 2.28. The minimum absolute atomic E-state index is 0.0104. The van der Waals surface area contributed by atoms with Crippen molar-refractivity contribution in [1.29, 1.82) is 0 Å². The molecule has 1 aliphatic rings. The summed E-state index contributed by atoms with van der Waals surface area (Å²) in [7, 11) is 0. The Morgan fingerprint density at radius 2 is 2.04 bits per heavy atom. The molecule has 0 aromatic heterocycles. The fourth-order valence-electron chi connectivity index (χ4n) is 3.11. The van der Waals surface area contributed by atoms with Crippen LogP contribution in [0.4, 0.5) is 15.8 Å². The summed E-state index contributed by atoms with van der Waals surface area (Å²) in [5.41, 5.74) is 4.87. The molecule has 0 bridgehead atoms. The summed E-state index contributed by atoms with van der Waals surface area (Å²) in [5.74, 6) is -0.194. The number of nitrogens with one attached hydrogen (secondary N) is 2. The fraction of sp³-hybridized carbons (Fsp3) is 0.350. The smallest absolute Gasteiger partial charge is 0.141 e. The number of aliphatic hydroxyl groups is 1. The van der Waals surface area contributed by atoms with Crippen LogP contribution >= 0.6 is 11.6 Å². The van der Waals surface area contributed by atoms with Gasteiger partial charge in [0.2, 0.25) is 0 Å². The molecule has 1 aliphatic carbocycles. The van der Waals surface area contributed by atoms with E-state index in [2.05, 4.69) is 16.7 Å². The number of aliphatic hydroxyl groups excluding tert-OH is 1. The van der Waals surface area contributed by atoms with Gasteiger partial charge < -0.3 is 15.7 Å². The maximum absolute atomic E-state index is 13.3. The van der Waals surface area contributed by atoms with Crippen LogP contribution in [0.1, 0.15) is 30.0 Å². The van der Waals surface area contributed by atoms with Gasteiger partial charge >= 0.3 is 0 Å². The number of carbonyl (C=O) groups excluding carboxylic acids is 1. The number of ketones is 1. The van der Waals surface area contributed by atoms with E-state index in [-0.39, 0.29) is 23.5 Å². The van der Waals surface area contributed by atoms with E-state index in [1.54, 1.807) is 12.1 Å². The molecule has 0 spiro atoms. The van der Waals surface area contributed by atoms with Crippen molar-refractivity contribution in [1.82, 2.24) is 0 Å². The van der Waals surface area contributed by atoms with E-state index in [0.29, 0.717) is 19.4 Å². The van der Waals surface area contributed by atoms with E-state index < -0.39 is 5.82 Å². The SMILES string of the molecule is C[C@@H](CO)Nc1cc2c(cc1CNc1ccc(F)c(Cl)c1)CCC(=O)C2.